The fourth-order valence-electron chi connectivity index (χ4n) is 3.55. The maximum atomic E-state index is 12.9. The molecule has 2 fully saturated rings. The number of halogens is 1. The SMILES string of the molecule is CC(C)C(Cc1ccc(C2CC2)cc1)C(=O)N1CCCCC1.Cl. The predicted molar refractivity (Wildman–Crippen MR) is 98.1 cm³/mol. The van der Waals surface area contributed by atoms with Gasteiger partial charge in [0.25, 0.3) is 0 Å². The molecule has 1 aromatic rings. The molecular weight excluding hydrogens is 306 g/mol. The molecule has 1 aromatic carbocycles. The van der Waals surface area contributed by atoms with Crippen molar-refractivity contribution in [1.82, 2.24) is 4.90 Å². The average Bonchev–Trinajstić information content (AvgIpc) is 3.38. The van der Waals surface area contributed by atoms with E-state index >= 15 is 0 Å². The van der Waals surface area contributed by atoms with Gasteiger partial charge in [-0.25, -0.2) is 0 Å². The lowest BCUT2D eigenvalue weighted by atomic mass is 9.87. The van der Waals surface area contributed by atoms with E-state index in [2.05, 4.69) is 43.0 Å². The molecule has 0 N–H and O–H groups in total. The Kier molecular flexibility index (Phi) is 6.52. The Morgan fingerprint density at radius 2 is 1.70 bits per heavy atom. The van der Waals surface area contributed by atoms with Crippen LogP contribution in [0.25, 0.3) is 0 Å². The molecule has 2 nitrogen and oxygen atoms in total. The number of carbonyl (C=O) groups is 1. The van der Waals surface area contributed by atoms with Gasteiger partial charge in [0, 0.05) is 19.0 Å². The summed E-state index contributed by atoms with van der Waals surface area (Å²) >= 11 is 0. The second kappa shape index (κ2) is 8.19. The van der Waals surface area contributed by atoms with E-state index in [0.717, 1.165) is 25.4 Å². The van der Waals surface area contributed by atoms with Crippen LogP contribution in [0.1, 0.15) is 63.0 Å². The normalized spacial score (nSPS) is 19.3. The minimum absolute atomic E-state index is 0. The number of amides is 1. The number of hydrogen-bond acceptors (Lipinski definition) is 1. The van der Waals surface area contributed by atoms with E-state index < -0.39 is 0 Å². The molecule has 1 saturated heterocycles. The lowest BCUT2D eigenvalue weighted by Gasteiger charge is -2.32. The topological polar surface area (TPSA) is 20.3 Å². The van der Waals surface area contributed by atoms with E-state index in [9.17, 15) is 4.79 Å². The fraction of sp³-hybridized carbons (Fsp3) is 0.650. The molecule has 2 aliphatic rings. The van der Waals surface area contributed by atoms with Gasteiger partial charge in [0.1, 0.15) is 0 Å². The highest BCUT2D eigenvalue weighted by molar-refractivity contribution is 5.85. The van der Waals surface area contributed by atoms with Crippen molar-refractivity contribution >= 4 is 18.3 Å². The molecule has 1 atom stereocenters. The quantitative estimate of drug-likeness (QED) is 0.756. The Morgan fingerprint density at radius 3 is 2.22 bits per heavy atom. The van der Waals surface area contributed by atoms with Crippen molar-refractivity contribution in [3.8, 4) is 0 Å². The highest BCUT2D eigenvalue weighted by atomic mass is 35.5. The molecule has 23 heavy (non-hydrogen) atoms. The largest absolute Gasteiger partial charge is 0.342 e. The molecule has 1 aliphatic carbocycles. The second-order valence-corrected chi connectivity index (χ2v) is 7.46. The van der Waals surface area contributed by atoms with Crippen LogP contribution in [0.2, 0.25) is 0 Å². The summed E-state index contributed by atoms with van der Waals surface area (Å²) in [6.45, 7) is 6.29. The van der Waals surface area contributed by atoms with Crippen molar-refractivity contribution in [2.45, 2.75) is 58.3 Å². The van der Waals surface area contributed by atoms with Crippen molar-refractivity contribution in [3.63, 3.8) is 0 Å². The van der Waals surface area contributed by atoms with Crippen LogP contribution in [0.15, 0.2) is 24.3 Å². The molecule has 0 radical (unpaired) electrons. The molecule has 3 heteroatoms. The highest BCUT2D eigenvalue weighted by Gasteiger charge is 2.28. The summed E-state index contributed by atoms with van der Waals surface area (Å²) in [4.78, 5) is 15.0. The Labute approximate surface area is 147 Å². The summed E-state index contributed by atoms with van der Waals surface area (Å²) < 4.78 is 0. The molecular formula is C20H30ClNO. The lowest BCUT2D eigenvalue weighted by Crippen LogP contribution is -2.42. The molecule has 1 heterocycles. The maximum Gasteiger partial charge on any atom is 0.226 e. The third-order valence-corrected chi connectivity index (χ3v) is 5.27. The zero-order chi connectivity index (χ0) is 15.5. The number of piperidine rings is 1. The smallest absolute Gasteiger partial charge is 0.226 e. The van der Waals surface area contributed by atoms with Gasteiger partial charge >= 0.3 is 0 Å². The van der Waals surface area contributed by atoms with Crippen molar-refractivity contribution in [2.75, 3.05) is 13.1 Å². The van der Waals surface area contributed by atoms with Gasteiger partial charge in [0.15, 0.2) is 0 Å². The first-order chi connectivity index (χ1) is 10.6. The Hall–Kier alpha value is -1.02. The van der Waals surface area contributed by atoms with Crippen LogP contribution in [0.3, 0.4) is 0 Å². The number of nitrogens with zero attached hydrogens (tertiary/aromatic N) is 1. The van der Waals surface area contributed by atoms with Gasteiger partial charge < -0.3 is 4.90 Å². The molecule has 0 bridgehead atoms. The number of benzene rings is 1. The Balaban J connectivity index is 0.00000192. The number of hydrogen-bond donors (Lipinski definition) is 0. The van der Waals surface area contributed by atoms with Crippen molar-refractivity contribution in [3.05, 3.63) is 35.4 Å². The highest BCUT2D eigenvalue weighted by Crippen LogP contribution is 2.40. The summed E-state index contributed by atoms with van der Waals surface area (Å²) in [5.41, 5.74) is 2.79. The fourth-order valence-corrected chi connectivity index (χ4v) is 3.55. The summed E-state index contributed by atoms with van der Waals surface area (Å²) in [5.74, 6) is 1.72. The third-order valence-electron chi connectivity index (χ3n) is 5.27. The lowest BCUT2D eigenvalue weighted by molar-refractivity contribution is -0.137. The summed E-state index contributed by atoms with van der Waals surface area (Å²) in [6, 6.07) is 9.03. The monoisotopic (exact) mass is 335 g/mol. The van der Waals surface area contributed by atoms with Crippen molar-refractivity contribution in [1.29, 1.82) is 0 Å². The van der Waals surface area contributed by atoms with E-state index in [0.29, 0.717) is 11.8 Å². The van der Waals surface area contributed by atoms with Gasteiger partial charge in [-0.05, 0) is 61.5 Å². The van der Waals surface area contributed by atoms with E-state index in [-0.39, 0.29) is 18.3 Å². The van der Waals surface area contributed by atoms with Crippen LogP contribution < -0.4 is 0 Å². The van der Waals surface area contributed by atoms with Crippen molar-refractivity contribution in [2.24, 2.45) is 11.8 Å². The summed E-state index contributed by atoms with van der Waals surface area (Å²) in [6.07, 6.45) is 7.21. The molecule has 1 aliphatic heterocycles. The second-order valence-electron chi connectivity index (χ2n) is 7.46. The minimum atomic E-state index is 0. The van der Waals surface area contributed by atoms with E-state index in [4.69, 9.17) is 0 Å². The predicted octanol–water partition coefficient (Wildman–Crippen LogP) is 4.81. The molecule has 1 amide bonds. The van der Waals surface area contributed by atoms with Crippen LogP contribution in [-0.4, -0.2) is 23.9 Å². The molecule has 1 unspecified atom stereocenters. The zero-order valence-electron chi connectivity index (χ0n) is 14.5. The van der Waals surface area contributed by atoms with Crippen LogP contribution in [0.4, 0.5) is 0 Å². The number of likely N-dealkylation sites (tertiary alicyclic amines) is 1. The first kappa shape index (κ1) is 18.3. The van der Waals surface area contributed by atoms with Gasteiger partial charge in [-0.2, -0.15) is 0 Å². The van der Waals surface area contributed by atoms with E-state index in [1.54, 1.807) is 0 Å². The van der Waals surface area contributed by atoms with Crippen molar-refractivity contribution < 1.29 is 4.79 Å². The van der Waals surface area contributed by atoms with Gasteiger partial charge in [-0.1, -0.05) is 38.1 Å². The molecule has 0 aromatic heterocycles. The maximum absolute atomic E-state index is 12.9. The van der Waals surface area contributed by atoms with E-state index in [1.165, 1.54) is 43.2 Å². The number of carbonyl (C=O) groups excluding carboxylic acids is 1. The van der Waals surface area contributed by atoms with Crippen LogP contribution in [-0.2, 0) is 11.2 Å². The molecule has 128 valence electrons. The Morgan fingerprint density at radius 1 is 1.09 bits per heavy atom. The first-order valence-electron chi connectivity index (χ1n) is 9.03. The molecule has 1 saturated carbocycles. The Bertz CT molecular complexity index is 501. The van der Waals surface area contributed by atoms with Crippen LogP contribution in [0.5, 0.6) is 0 Å². The van der Waals surface area contributed by atoms with Gasteiger partial charge in [0.05, 0.1) is 0 Å². The van der Waals surface area contributed by atoms with Gasteiger partial charge in [0.2, 0.25) is 5.91 Å². The molecule has 0 spiro atoms. The standard InChI is InChI=1S/C20H29NO.ClH/c1-15(2)19(20(22)21-12-4-3-5-13-21)14-16-6-8-17(9-7-16)18-10-11-18;/h6-9,15,18-19H,3-5,10-14H2,1-2H3;1H. The van der Waals surface area contributed by atoms with E-state index in [1.807, 2.05) is 0 Å². The summed E-state index contributed by atoms with van der Waals surface area (Å²) in [7, 11) is 0. The zero-order valence-corrected chi connectivity index (χ0v) is 15.3. The average molecular weight is 336 g/mol. The van der Waals surface area contributed by atoms with Crippen LogP contribution >= 0.6 is 12.4 Å². The summed E-state index contributed by atoms with van der Waals surface area (Å²) in [5, 5.41) is 0. The minimum Gasteiger partial charge on any atom is -0.342 e. The third kappa shape index (κ3) is 4.73. The van der Waals surface area contributed by atoms with Crippen LogP contribution in [0, 0.1) is 11.8 Å². The van der Waals surface area contributed by atoms with Gasteiger partial charge in [-0.15, -0.1) is 12.4 Å². The number of rotatable bonds is 5. The molecule has 3 rings (SSSR count). The van der Waals surface area contributed by atoms with Gasteiger partial charge in [-0.3, -0.25) is 4.79 Å². The first-order valence-corrected chi connectivity index (χ1v) is 9.03.